The van der Waals surface area contributed by atoms with E-state index in [0.717, 1.165) is 43.6 Å². The van der Waals surface area contributed by atoms with Gasteiger partial charge in [-0.1, -0.05) is 29.8 Å². The lowest BCUT2D eigenvalue weighted by Crippen LogP contribution is -2.38. The van der Waals surface area contributed by atoms with Gasteiger partial charge >= 0.3 is 6.18 Å². The number of hydrogen-bond acceptors (Lipinski definition) is 5. The van der Waals surface area contributed by atoms with Crippen LogP contribution in [0.4, 0.5) is 19.0 Å². The van der Waals surface area contributed by atoms with Gasteiger partial charge in [-0.2, -0.15) is 13.2 Å². The van der Waals surface area contributed by atoms with E-state index < -0.39 is 12.6 Å². The van der Waals surface area contributed by atoms with Crippen LogP contribution in [-0.2, 0) is 13.0 Å². The van der Waals surface area contributed by atoms with Crippen LogP contribution in [0.25, 0.3) is 10.2 Å². The van der Waals surface area contributed by atoms with Crippen LogP contribution in [0.5, 0.6) is 0 Å². The van der Waals surface area contributed by atoms with Crippen LogP contribution in [0.3, 0.4) is 0 Å². The zero-order valence-electron chi connectivity index (χ0n) is 16.8. The first-order valence-corrected chi connectivity index (χ1v) is 11.0. The molecule has 0 bridgehead atoms. The molecule has 0 unspecified atom stereocenters. The summed E-state index contributed by atoms with van der Waals surface area (Å²) in [6, 6.07) is 10.7. The van der Waals surface area contributed by atoms with E-state index in [4.69, 9.17) is 0 Å². The average molecular weight is 435 g/mol. The highest BCUT2D eigenvalue weighted by Crippen LogP contribution is 2.33. The highest BCUT2D eigenvalue weighted by atomic mass is 32.1. The van der Waals surface area contributed by atoms with Gasteiger partial charge in [0.05, 0.1) is 11.8 Å². The van der Waals surface area contributed by atoms with Crippen LogP contribution in [0.1, 0.15) is 41.7 Å². The normalized spacial score (nSPS) is 19.9. The maximum absolute atomic E-state index is 12.7. The first kappa shape index (κ1) is 21.1. The van der Waals surface area contributed by atoms with Gasteiger partial charge in [-0.25, -0.2) is 9.97 Å². The number of halogens is 3. The molecular weight excluding hydrogens is 409 g/mol. The van der Waals surface area contributed by atoms with Crippen LogP contribution in [-0.4, -0.2) is 28.2 Å². The molecular formula is C22H25F3N4S. The minimum absolute atomic E-state index is 0.235. The van der Waals surface area contributed by atoms with Crippen molar-refractivity contribution in [2.75, 3.05) is 5.32 Å². The van der Waals surface area contributed by atoms with Gasteiger partial charge in [-0.3, -0.25) is 0 Å². The molecule has 1 aromatic carbocycles. The molecule has 1 aliphatic rings. The predicted molar refractivity (Wildman–Crippen MR) is 115 cm³/mol. The quantitative estimate of drug-likeness (QED) is 0.529. The first-order valence-electron chi connectivity index (χ1n) is 10.2. The fraction of sp³-hybridized carbons (Fsp3) is 0.455. The number of rotatable bonds is 6. The van der Waals surface area contributed by atoms with Crippen molar-refractivity contribution in [1.29, 1.82) is 0 Å². The maximum Gasteiger partial charge on any atom is 0.393 e. The van der Waals surface area contributed by atoms with E-state index in [9.17, 15) is 13.2 Å². The van der Waals surface area contributed by atoms with E-state index >= 15 is 0 Å². The molecule has 2 aromatic heterocycles. The molecule has 0 aliphatic heterocycles. The number of aryl methyl sites for hydroxylation is 1. The number of nitrogens with zero attached hydrogens (tertiary/aromatic N) is 2. The molecule has 0 saturated heterocycles. The summed E-state index contributed by atoms with van der Waals surface area (Å²) in [6.45, 7) is 2.92. The Morgan fingerprint density at radius 3 is 2.63 bits per heavy atom. The van der Waals surface area contributed by atoms with Crippen LogP contribution in [0.15, 0.2) is 36.7 Å². The summed E-state index contributed by atoms with van der Waals surface area (Å²) in [6.07, 6.45) is 0.473. The van der Waals surface area contributed by atoms with Crippen molar-refractivity contribution in [3.63, 3.8) is 0 Å². The van der Waals surface area contributed by atoms with Crippen molar-refractivity contribution in [3.8, 4) is 0 Å². The number of benzene rings is 1. The van der Waals surface area contributed by atoms with Gasteiger partial charge in [0, 0.05) is 23.5 Å². The van der Waals surface area contributed by atoms with Crippen molar-refractivity contribution in [2.24, 2.45) is 0 Å². The number of thiophene rings is 1. The largest absolute Gasteiger partial charge is 0.393 e. The van der Waals surface area contributed by atoms with Gasteiger partial charge in [-0.05, 0) is 44.2 Å². The Morgan fingerprint density at radius 1 is 1.10 bits per heavy atom. The molecule has 30 heavy (non-hydrogen) atoms. The van der Waals surface area contributed by atoms with Crippen molar-refractivity contribution in [2.45, 2.75) is 63.8 Å². The van der Waals surface area contributed by atoms with E-state index in [-0.39, 0.29) is 10.9 Å². The zero-order chi connectivity index (χ0) is 21.1. The molecule has 4 rings (SSSR count). The molecule has 8 heteroatoms. The Balaban J connectivity index is 1.39. The topological polar surface area (TPSA) is 49.8 Å². The molecule has 2 atom stereocenters. The number of nitrogens with one attached hydrogen (secondary N) is 2. The van der Waals surface area contributed by atoms with E-state index in [0.29, 0.717) is 22.1 Å². The zero-order valence-corrected chi connectivity index (χ0v) is 17.6. The van der Waals surface area contributed by atoms with Gasteiger partial charge in [0.2, 0.25) is 0 Å². The Labute approximate surface area is 177 Å². The monoisotopic (exact) mass is 434 g/mol. The van der Waals surface area contributed by atoms with Gasteiger partial charge in [0.1, 0.15) is 17.0 Å². The second-order valence-corrected chi connectivity index (χ2v) is 9.13. The molecule has 3 aromatic rings. The Bertz CT molecular complexity index is 984. The number of aromatic nitrogens is 2. The third-order valence-corrected chi connectivity index (χ3v) is 6.53. The van der Waals surface area contributed by atoms with Gasteiger partial charge < -0.3 is 10.6 Å². The van der Waals surface area contributed by atoms with Crippen molar-refractivity contribution in [1.82, 2.24) is 15.3 Å². The molecule has 4 nitrogen and oxygen atoms in total. The lowest BCUT2D eigenvalue weighted by atomic mass is 9.90. The molecule has 160 valence electrons. The number of alkyl halides is 3. The van der Waals surface area contributed by atoms with Crippen LogP contribution < -0.4 is 10.6 Å². The van der Waals surface area contributed by atoms with Crippen LogP contribution in [0.2, 0.25) is 0 Å². The Kier molecular flexibility index (Phi) is 6.24. The predicted octanol–water partition coefficient (Wildman–Crippen LogP) is 5.62. The molecule has 0 radical (unpaired) electrons. The van der Waals surface area contributed by atoms with Crippen LogP contribution >= 0.6 is 11.3 Å². The molecule has 0 amide bonds. The molecule has 1 saturated carbocycles. The number of fused-ring (bicyclic) bond motifs is 1. The van der Waals surface area contributed by atoms with Crippen LogP contribution in [0, 0.1) is 6.92 Å². The smallest absolute Gasteiger partial charge is 0.367 e. The fourth-order valence-corrected chi connectivity index (χ4v) is 5.00. The van der Waals surface area contributed by atoms with Crippen molar-refractivity contribution >= 4 is 27.4 Å². The van der Waals surface area contributed by atoms with E-state index in [2.05, 4.69) is 51.8 Å². The highest BCUT2D eigenvalue weighted by molar-refractivity contribution is 7.18. The van der Waals surface area contributed by atoms with Gasteiger partial charge in [0.25, 0.3) is 0 Å². The molecule has 1 fully saturated rings. The molecule has 0 spiro atoms. The van der Waals surface area contributed by atoms with E-state index in [1.54, 1.807) is 6.07 Å². The number of hydrogen-bond donors (Lipinski definition) is 2. The summed E-state index contributed by atoms with van der Waals surface area (Å²) < 4.78 is 38.2. The van der Waals surface area contributed by atoms with Crippen molar-refractivity contribution < 1.29 is 13.2 Å². The average Bonchev–Trinajstić information content (AvgIpc) is 3.09. The van der Waals surface area contributed by atoms with E-state index in [1.165, 1.54) is 17.5 Å². The minimum atomic E-state index is -4.22. The van der Waals surface area contributed by atoms with E-state index in [1.807, 2.05) is 0 Å². The lowest BCUT2D eigenvalue weighted by Gasteiger charge is -2.31. The summed E-state index contributed by atoms with van der Waals surface area (Å²) in [4.78, 5) is 9.34. The molecule has 2 N–H and O–H groups in total. The third kappa shape index (κ3) is 5.49. The number of anilines is 1. The van der Waals surface area contributed by atoms with Gasteiger partial charge in [0.15, 0.2) is 0 Å². The highest BCUT2D eigenvalue weighted by Gasteiger charge is 2.29. The second-order valence-electron chi connectivity index (χ2n) is 8.02. The SMILES string of the molecule is Cc1ccc(CN[C@H]2CCC[C@@H](Nc3ncnc4sc(CC(F)(F)F)cc34)C2)cc1. The maximum atomic E-state index is 12.7. The van der Waals surface area contributed by atoms with Gasteiger partial charge in [-0.15, -0.1) is 11.3 Å². The summed E-state index contributed by atoms with van der Waals surface area (Å²) in [5.41, 5.74) is 2.52. The summed E-state index contributed by atoms with van der Waals surface area (Å²) in [5, 5.41) is 7.79. The minimum Gasteiger partial charge on any atom is -0.367 e. The lowest BCUT2D eigenvalue weighted by molar-refractivity contribution is -0.126. The van der Waals surface area contributed by atoms with Crippen molar-refractivity contribution in [3.05, 3.63) is 52.7 Å². The fourth-order valence-electron chi connectivity index (χ4n) is 3.97. The molecule has 2 heterocycles. The first-order chi connectivity index (χ1) is 14.4. The third-order valence-electron chi connectivity index (χ3n) is 5.49. The Hall–Kier alpha value is -2.19. The summed E-state index contributed by atoms with van der Waals surface area (Å²) in [7, 11) is 0. The standard InChI is InChI=1S/C22H25F3N4S/c1-14-5-7-15(8-6-14)12-26-16-3-2-4-17(9-16)29-20-19-10-18(11-22(23,24)25)30-21(19)28-13-27-20/h5-8,10,13,16-17,26H,2-4,9,11-12H2,1H3,(H,27,28,29)/t16-,17+/m0/s1. The second kappa shape index (κ2) is 8.89. The molecule has 1 aliphatic carbocycles. The summed E-state index contributed by atoms with van der Waals surface area (Å²) >= 11 is 1.08. The summed E-state index contributed by atoms with van der Waals surface area (Å²) in [5.74, 6) is 0.633. The Morgan fingerprint density at radius 2 is 1.87 bits per heavy atom.